The molecular formula is C70H60O17. The Morgan fingerprint density at radius 1 is 0.287 bits per heavy atom. The van der Waals surface area contributed by atoms with E-state index >= 15 is 0 Å². The number of benzene rings is 9. The van der Waals surface area contributed by atoms with Gasteiger partial charge in [-0.15, -0.1) is 0 Å². The van der Waals surface area contributed by atoms with Gasteiger partial charge >= 0.3 is 29.8 Å². The van der Waals surface area contributed by atoms with Crippen LogP contribution in [-0.2, 0) is 63.4 Å². The van der Waals surface area contributed by atoms with E-state index in [9.17, 15) is 24.0 Å². The van der Waals surface area contributed by atoms with E-state index < -0.39 is 64.0 Å². The van der Waals surface area contributed by atoms with E-state index in [1.807, 2.05) is 127 Å². The summed E-state index contributed by atoms with van der Waals surface area (Å²) in [6.07, 6.45) is 0. The van der Waals surface area contributed by atoms with Crippen LogP contribution in [0.2, 0.25) is 0 Å². The van der Waals surface area contributed by atoms with Crippen molar-refractivity contribution in [3.8, 4) is 68.6 Å². The maximum Gasteiger partial charge on any atom is 0.341 e. The van der Waals surface area contributed by atoms with Crippen molar-refractivity contribution in [3.63, 3.8) is 0 Å². The van der Waals surface area contributed by atoms with E-state index in [-0.39, 0.29) is 90.8 Å². The molecule has 442 valence electrons. The van der Waals surface area contributed by atoms with Gasteiger partial charge in [0.25, 0.3) is 0 Å². The average Bonchev–Trinajstić information content (AvgIpc) is 0.877. The fourth-order valence-electron chi connectivity index (χ4n) is 9.05. The Morgan fingerprint density at radius 3 is 0.851 bits per heavy atom. The number of carbonyl (C=O) groups excluding carboxylic acids is 5. The van der Waals surface area contributed by atoms with Gasteiger partial charge in [0.05, 0.1) is 32.5 Å². The quantitative estimate of drug-likeness (QED) is 0.0282. The second-order valence-electron chi connectivity index (χ2n) is 19.2. The zero-order valence-corrected chi connectivity index (χ0v) is 48.2. The maximum atomic E-state index is 14.9. The molecular weight excluding hydrogens is 1110 g/mol. The number of hydrogen-bond donors (Lipinski definition) is 0. The van der Waals surface area contributed by atoms with Crippen LogP contribution in [0.3, 0.4) is 0 Å². The molecule has 0 N–H and O–H groups in total. The number of methoxy groups -OCH3 is 3. The van der Waals surface area contributed by atoms with Crippen LogP contribution in [0.5, 0.6) is 57.5 Å². The first kappa shape index (κ1) is 60.5. The van der Waals surface area contributed by atoms with Gasteiger partial charge in [0.2, 0.25) is 23.0 Å². The summed E-state index contributed by atoms with van der Waals surface area (Å²) < 4.78 is 75.4. The summed E-state index contributed by atoms with van der Waals surface area (Å²) in [6.45, 7) is 1.58. The van der Waals surface area contributed by atoms with Crippen LogP contribution in [-0.4, -0.2) is 51.2 Å². The minimum atomic E-state index is -1.11. The third-order valence-corrected chi connectivity index (χ3v) is 13.1. The standard InChI is InChI=1S/C70H60O17/c1-45(71)85-65-59(53(68(73)76-3)36-56(79-39-47-24-12-6-13-25-47)62(65)81-41-49-28-16-8-17-29-49)60-54(69(74)77-4)37-58(64(66(60)86-46(2)72)83-43-51-32-20-10-21-33-51)87-61-55(70(75)78-5)38-57(80-40-48-26-14-7-15-27-48)63(82-42-50-30-18-9-19-31-50)67(61)84-44-52-34-22-11-23-35-52/h6-38H,39-44H2,1-5H3. The minimum absolute atomic E-state index is 0.0106. The lowest BCUT2D eigenvalue weighted by molar-refractivity contribution is -0.133. The molecule has 17 heteroatoms. The predicted molar refractivity (Wildman–Crippen MR) is 320 cm³/mol. The summed E-state index contributed by atoms with van der Waals surface area (Å²) >= 11 is 0. The third kappa shape index (κ3) is 15.4. The van der Waals surface area contributed by atoms with Gasteiger partial charge < -0.3 is 56.8 Å². The average molecular weight is 1170 g/mol. The number of rotatable bonds is 26. The summed E-state index contributed by atoms with van der Waals surface area (Å²) in [5.41, 5.74) is 2.33. The first-order valence-corrected chi connectivity index (χ1v) is 27.4. The lowest BCUT2D eigenvalue weighted by atomic mass is 9.91. The first-order valence-electron chi connectivity index (χ1n) is 27.4. The molecule has 0 radical (unpaired) electrons. The van der Waals surface area contributed by atoms with Crippen LogP contribution < -0.4 is 42.6 Å². The van der Waals surface area contributed by atoms with Gasteiger partial charge in [-0.25, -0.2) is 14.4 Å². The molecule has 87 heavy (non-hydrogen) atoms. The van der Waals surface area contributed by atoms with E-state index in [2.05, 4.69) is 0 Å². The van der Waals surface area contributed by atoms with Gasteiger partial charge in [0.15, 0.2) is 34.5 Å². The highest BCUT2D eigenvalue weighted by Crippen LogP contribution is 2.58. The molecule has 0 atom stereocenters. The Balaban J connectivity index is 1.37. The minimum Gasteiger partial charge on any atom is -0.485 e. The fourth-order valence-corrected chi connectivity index (χ4v) is 9.05. The number of esters is 5. The molecule has 0 saturated carbocycles. The molecule has 0 fully saturated rings. The molecule has 0 saturated heterocycles. The summed E-state index contributed by atoms with van der Waals surface area (Å²) in [6, 6.07) is 58.7. The van der Waals surface area contributed by atoms with E-state index in [1.165, 1.54) is 25.3 Å². The van der Waals surface area contributed by atoms with Gasteiger partial charge in [0, 0.05) is 37.1 Å². The van der Waals surface area contributed by atoms with Crippen molar-refractivity contribution < 1.29 is 80.8 Å². The topological polar surface area (TPSA) is 196 Å². The maximum absolute atomic E-state index is 14.9. The molecule has 0 spiro atoms. The van der Waals surface area contributed by atoms with E-state index in [0.717, 1.165) is 44.8 Å². The third-order valence-electron chi connectivity index (χ3n) is 13.1. The van der Waals surface area contributed by atoms with Crippen molar-refractivity contribution in [1.82, 2.24) is 0 Å². The first-order chi connectivity index (χ1) is 42.4. The summed E-state index contributed by atoms with van der Waals surface area (Å²) in [5, 5.41) is 0. The van der Waals surface area contributed by atoms with Crippen molar-refractivity contribution in [3.05, 3.63) is 250 Å². The summed E-state index contributed by atoms with van der Waals surface area (Å²) in [5.74, 6) is -7.60. The molecule has 0 bridgehead atoms. The molecule has 0 aliphatic heterocycles. The smallest absolute Gasteiger partial charge is 0.341 e. The Kier molecular flexibility index (Phi) is 20.5. The Bertz CT molecular complexity index is 3840. The molecule has 9 aromatic carbocycles. The van der Waals surface area contributed by atoms with Crippen LogP contribution in [0, 0.1) is 0 Å². The normalized spacial score (nSPS) is 10.6. The monoisotopic (exact) mass is 1170 g/mol. The van der Waals surface area contributed by atoms with E-state index in [1.54, 1.807) is 54.6 Å². The molecule has 9 aromatic rings. The van der Waals surface area contributed by atoms with Crippen LogP contribution in [0.1, 0.15) is 78.3 Å². The highest BCUT2D eigenvalue weighted by molar-refractivity contribution is 6.09. The Labute approximate surface area is 502 Å². The van der Waals surface area contributed by atoms with E-state index in [4.69, 9.17) is 56.8 Å². The fraction of sp³-hybridized carbons (Fsp3) is 0.157. The summed E-state index contributed by atoms with van der Waals surface area (Å²) in [7, 11) is 3.39. The lowest BCUT2D eigenvalue weighted by Gasteiger charge is -2.26. The second kappa shape index (κ2) is 29.4. The van der Waals surface area contributed by atoms with Crippen molar-refractivity contribution in [2.75, 3.05) is 21.3 Å². The van der Waals surface area contributed by atoms with Crippen molar-refractivity contribution in [1.29, 1.82) is 0 Å². The molecule has 17 nitrogen and oxygen atoms in total. The zero-order chi connectivity index (χ0) is 61.1. The van der Waals surface area contributed by atoms with Crippen molar-refractivity contribution >= 4 is 29.8 Å². The van der Waals surface area contributed by atoms with Gasteiger partial charge in [-0.2, -0.15) is 0 Å². The van der Waals surface area contributed by atoms with Gasteiger partial charge in [-0.05, 0) is 39.4 Å². The van der Waals surface area contributed by atoms with Gasteiger partial charge in [-0.3, -0.25) is 9.59 Å². The SMILES string of the molecule is COC(=O)c1cc(OCc2ccccc2)c(OCc2ccccc2)c(OCc2ccccc2)c1Oc1cc(C(=O)OC)c(-c2c(C(=O)OC)cc(OCc3ccccc3)c(OCc3ccccc3)c2OC(C)=O)c(OC(C)=O)c1OCc1ccccc1. The molecule has 0 unspecified atom stereocenters. The number of carbonyl (C=O) groups is 5. The van der Waals surface area contributed by atoms with Crippen LogP contribution in [0.25, 0.3) is 11.1 Å². The molecule has 0 amide bonds. The largest absolute Gasteiger partial charge is 0.485 e. The predicted octanol–water partition coefficient (Wildman–Crippen LogP) is 13.8. The summed E-state index contributed by atoms with van der Waals surface area (Å²) in [4.78, 5) is 71.6. The van der Waals surface area contributed by atoms with Gasteiger partial charge in [-0.1, -0.05) is 182 Å². The lowest BCUT2D eigenvalue weighted by Crippen LogP contribution is -2.16. The van der Waals surface area contributed by atoms with Crippen molar-refractivity contribution in [2.24, 2.45) is 0 Å². The highest BCUT2D eigenvalue weighted by Gasteiger charge is 2.38. The highest BCUT2D eigenvalue weighted by atomic mass is 16.6. The molecule has 0 aromatic heterocycles. The molecule has 0 aliphatic carbocycles. The van der Waals surface area contributed by atoms with Crippen LogP contribution in [0.4, 0.5) is 0 Å². The van der Waals surface area contributed by atoms with Crippen molar-refractivity contribution in [2.45, 2.75) is 53.5 Å². The molecule has 0 heterocycles. The number of hydrogen-bond acceptors (Lipinski definition) is 17. The van der Waals surface area contributed by atoms with Crippen LogP contribution in [0.15, 0.2) is 200 Å². The van der Waals surface area contributed by atoms with Gasteiger partial charge in [0.1, 0.15) is 45.2 Å². The number of ether oxygens (including phenoxy) is 12. The van der Waals surface area contributed by atoms with Crippen LogP contribution >= 0.6 is 0 Å². The second-order valence-corrected chi connectivity index (χ2v) is 19.2. The Hall–Kier alpha value is -11.1. The molecule has 0 aliphatic rings. The van der Waals surface area contributed by atoms with E-state index in [0.29, 0.717) is 16.7 Å². The zero-order valence-electron chi connectivity index (χ0n) is 48.2. The Morgan fingerprint density at radius 2 is 0.540 bits per heavy atom. The molecule has 9 rings (SSSR count).